The van der Waals surface area contributed by atoms with Crippen molar-refractivity contribution in [1.29, 1.82) is 0 Å². The summed E-state index contributed by atoms with van der Waals surface area (Å²) >= 11 is 0. The largest absolute Gasteiger partial charge is 0.480 e. The van der Waals surface area contributed by atoms with Crippen molar-refractivity contribution in [3.8, 4) is 0 Å². The molecule has 0 radical (unpaired) electrons. The standard InChI is InChI=1S/C10H19NO3/c1-4-9(10(12)13)11-5-7(2)14-8(3)6-11/h7-9H,4-6H2,1-3H3,(H,12,13). The van der Waals surface area contributed by atoms with Crippen molar-refractivity contribution in [3.63, 3.8) is 0 Å². The van der Waals surface area contributed by atoms with E-state index in [1.807, 2.05) is 25.7 Å². The number of ether oxygens (including phenoxy) is 1. The summed E-state index contributed by atoms with van der Waals surface area (Å²) in [6.07, 6.45) is 0.911. The van der Waals surface area contributed by atoms with Gasteiger partial charge in [-0.05, 0) is 20.3 Å². The lowest BCUT2D eigenvalue weighted by molar-refractivity contribution is -0.149. The molecular weight excluding hydrogens is 182 g/mol. The number of hydrogen-bond acceptors (Lipinski definition) is 3. The number of hydrogen-bond donors (Lipinski definition) is 1. The normalized spacial score (nSPS) is 31.4. The highest BCUT2D eigenvalue weighted by Crippen LogP contribution is 2.15. The second-order valence-corrected chi connectivity index (χ2v) is 3.97. The van der Waals surface area contributed by atoms with Crippen molar-refractivity contribution in [2.45, 2.75) is 45.4 Å². The van der Waals surface area contributed by atoms with Gasteiger partial charge in [0.2, 0.25) is 0 Å². The molecule has 0 aromatic heterocycles. The summed E-state index contributed by atoms with van der Waals surface area (Å²) < 4.78 is 5.56. The van der Waals surface area contributed by atoms with Crippen molar-refractivity contribution in [1.82, 2.24) is 4.90 Å². The predicted molar refractivity (Wildman–Crippen MR) is 53.3 cm³/mol. The van der Waals surface area contributed by atoms with Gasteiger partial charge in [0, 0.05) is 13.1 Å². The molecule has 0 amide bonds. The molecule has 4 nitrogen and oxygen atoms in total. The van der Waals surface area contributed by atoms with E-state index in [0.717, 1.165) is 13.1 Å². The second kappa shape index (κ2) is 4.75. The first-order chi connectivity index (χ1) is 6.54. The van der Waals surface area contributed by atoms with Crippen molar-refractivity contribution in [2.24, 2.45) is 0 Å². The lowest BCUT2D eigenvalue weighted by Gasteiger charge is -2.38. The van der Waals surface area contributed by atoms with Crippen molar-refractivity contribution >= 4 is 5.97 Å². The van der Waals surface area contributed by atoms with E-state index in [1.165, 1.54) is 0 Å². The topological polar surface area (TPSA) is 49.8 Å². The lowest BCUT2D eigenvalue weighted by Crippen LogP contribution is -2.52. The molecular formula is C10H19NO3. The van der Waals surface area contributed by atoms with Crippen LogP contribution in [-0.4, -0.2) is 47.3 Å². The SMILES string of the molecule is CCC(C(=O)O)N1CC(C)OC(C)C1. The van der Waals surface area contributed by atoms with Gasteiger partial charge in [-0.25, -0.2) is 0 Å². The minimum atomic E-state index is -0.728. The molecule has 0 saturated carbocycles. The van der Waals surface area contributed by atoms with E-state index in [2.05, 4.69) is 0 Å². The van der Waals surface area contributed by atoms with Gasteiger partial charge < -0.3 is 9.84 Å². The highest BCUT2D eigenvalue weighted by molar-refractivity contribution is 5.73. The Kier molecular flexibility index (Phi) is 3.89. The third-order valence-corrected chi connectivity index (χ3v) is 2.56. The van der Waals surface area contributed by atoms with Gasteiger partial charge in [0.25, 0.3) is 0 Å². The molecule has 1 rings (SSSR count). The molecule has 3 atom stereocenters. The Morgan fingerprint density at radius 2 is 2.00 bits per heavy atom. The molecule has 0 aliphatic carbocycles. The van der Waals surface area contributed by atoms with Crippen molar-refractivity contribution in [2.75, 3.05) is 13.1 Å². The van der Waals surface area contributed by atoms with Gasteiger partial charge in [0.05, 0.1) is 12.2 Å². The van der Waals surface area contributed by atoms with Gasteiger partial charge in [-0.2, -0.15) is 0 Å². The zero-order valence-corrected chi connectivity index (χ0v) is 9.06. The number of carbonyl (C=O) groups is 1. The number of nitrogens with zero attached hydrogens (tertiary/aromatic N) is 1. The Morgan fingerprint density at radius 3 is 2.36 bits per heavy atom. The number of morpholine rings is 1. The van der Waals surface area contributed by atoms with Crippen LogP contribution in [0.15, 0.2) is 0 Å². The van der Waals surface area contributed by atoms with Crippen LogP contribution in [0.25, 0.3) is 0 Å². The van der Waals surface area contributed by atoms with Crippen LogP contribution >= 0.6 is 0 Å². The van der Waals surface area contributed by atoms with Crippen LogP contribution in [0.3, 0.4) is 0 Å². The van der Waals surface area contributed by atoms with E-state index in [0.29, 0.717) is 6.42 Å². The quantitative estimate of drug-likeness (QED) is 0.739. The highest BCUT2D eigenvalue weighted by Gasteiger charge is 2.30. The summed E-state index contributed by atoms with van der Waals surface area (Å²) in [6, 6.07) is -0.358. The maximum atomic E-state index is 11.0. The molecule has 82 valence electrons. The minimum Gasteiger partial charge on any atom is -0.480 e. The summed E-state index contributed by atoms with van der Waals surface area (Å²) in [6.45, 7) is 7.31. The van der Waals surface area contributed by atoms with Crippen LogP contribution in [0.4, 0.5) is 0 Å². The predicted octanol–water partition coefficient (Wildman–Crippen LogP) is 0.959. The van der Waals surface area contributed by atoms with Gasteiger partial charge in [0.1, 0.15) is 6.04 Å². The van der Waals surface area contributed by atoms with Crippen LogP contribution in [0.5, 0.6) is 0 Å². The van der Waals surface area contributed by atoms with Crippen LogP contribution in [0, 0.1) is 0 Å². The van der Waals surface area contributed by atoms with Crippen molar-refractivity contribution < 1.29 is 14.6 Å². The second-order valence-electron chi connectivity index (χ2n) is 3.97. The molecule has 1 saturated heterocycles. The van der Waals surface area contributed by atoms with E-state index < -0.39 is 5.97 Å². The van der Waals surface area contributed by atoms with Gasteiger partial charge in [-0.1, -0.05) is 6.92 Å². The molecule has 0 aromatic carbocycles. The summed E-state index contributed by atoms with van der Waals surface area (Å²) in [5.74, 6) is -0.728. The monoisotopic (exact) mass is 201 g/mol. The van der Waals surface area contributed by atoms with E-state index >= 15 is 0 Å². The average Bonchev–Trinajstić information content (AvgIpc) is 2.02. The molecule has 0 bridgehead atoms. The molecule has 4 heteroatoms. The number of aliphatic carboxylic acids is 1. The minimum absolute atomic E-state index is 0.132. The molecule has 0 aromatic rings. The summed E-state index contributed by atoms with van der Waals surface area (Å²) in [5.41, 5.74) is 0. The first-order valence-corrected chi connectivity index (χ1v) is 5.17. The Balaban J connectivity index is 2.61. The first-order valence-electron chi connectivity index (χ1n) is 5.17. The summed E-state index contributed by atoms with van der Waals surface area (Å²) in [5, 5.41) is 9.02. The zero-order chi connectivity index (χ0) is 10.7. The molecule has 1 N–H and O–H groups in total. The fourth-order valence-electron chi connectivity index (χ4n) is 2.06. The fourth-order valence-corrected chi connectivity index (χ4v) is 2.06. The smallest absolute Gasteiger partial charge is 0.320 e. The third-order valence-electron chi connectivity index (χ3n) is 2.56. The molecule has 0 spiro atoms. The number of carboxylic acid groups (broad SMARTS) is 1. The van der Waals surface area contributed by atoms with Crippen LogP contribution in [0.2, 0.25) is 0 Å². The number of rotatable bonds is 3. The summed E-state index contributed by atoms with van der Waals surface area (Å²) in [7, 11) is 0. The van der Waals surface area contributed by atoms with Crippen molar-refractivity contribution in [3.05, 3.63) is 0 Å². The summed E-state index contributed by atoms with van der Waals surface area (Å²) in [4.78, 5) is 13.0. The molecule has 1 heterocycles. The molecule has 1 aliphatic rings. The van der Waals surface area contributed by atoms with E-state index in [-0.39, 0.29) is 18.2 Å². The zero-order valence-electron chi connectivity index (χ0n) is 9.06. The average molecular weight is 201 g/mol. The Labute approximate surface area is 84.8 Å². The highest BCUT2D eigenvalue weighted by atomic mass is 16.5. The molecule has 1 aliphatic heterocycles. The van der Waals surface area contributed by atoms with Crippen LogP contribution in [-0.2, 0) is 9.53 Å². The van der Waals surface area contributed by atoms with Gasteiger partial charge >= 0.3 is 5.97 Å². The maximum absolute atomic E-state index is 11.0. The Hall–Kier alpha value is -0.610. The molecule has 3 unspecified atom stereocenters. The lowest BCUT2D eigenvalue weighted by atomic mass is 10.1. The van der Waals surface area contributed by atoms with Gasteiger partial charge in [0.15, 0.2) is 0 Å². The van der Waals surface area contributed by atoms with E-state index in [4.69, 9.17) is 9.84 Å². The van der Waals surface area contributed by atoms with Crippen LogP contribution in [0.1, 0.15) is 27.2 Å². The Bertz CT molecular complexity index is 198. The van der Waals surface area contributed by atoms with Gasteiger partial charge in [-0.3, -0.25) is 9.69 Å². The number of carboxylic acids is 1. The van der Waals surface area contributed by atoms with E-state index in [1.54, 1.807) is 0 Å². The fraction of sp³-hybridized carbons (Fsp3) is 0.900. The van der Waals surface area contributed by atoms with Gasteiger partial charge in [-0.15, -0.1) is 0 Å². The Morgan fingerprint density at radius 1 is 1.50 bits per heavy atom. The van der Waals surface area contributed by atoms with Crippen LogP contribution < -0.4 is 0 Å². The van der Waals surface area contributed by atoms with E-state index in [9.17, 15) is 4.79 Å². The third kappa shape index (κ3) is 2.69. The molecule has 1 fully saturated rings. The maximum Gasteiger partial charge on any atom is 0.320 e. The molecule has 14 heavy (non-hydrogen) atoms. The first kappa shape index (κ1) is 11.5.